The molecule has 0 aliphatic heterocycles. The summed E-state index contributed by atoms with van der Waals surface area (Å²) in [5.74, 6) is -0.359. The summed E-state index contributed by atoms with van der Waals surface area (Å²) >= 11 is 5.61. The van der Waals surface area contributed by atoms with Crippen LogP contribution in [-0.2, 0) is 0 Å². The second kappa shape index (κ2) is 2.98. The molecule has 1 aromatic rings. The number of nitro groups is 1. The van der Waals surface area contributed by atoms with Crippen LogP contribution in [0.3, 0.4) is 0 Å². The van der Waals surface area contributed by atoms with Crippen LogP contribution in [0.15, 0.2) is 12.1 Å². The second-order valence-corrected chi connectivity index (χ2v) is 2.75. The molecule has 4 nitrogen and oxygen atoms in total. The predicted molar refractivity (Wildman–Crippen MR) is 44.5 cm³/mol. The third kappa shape index (κ3) is 1.48. The summed E-state index contributed by atoms with van der Waals surface area (Å²) in [6, 6.07) is 2.40. The fourth-order valence-electron chi connectivity index (χ4n) is 0.802. The fraction of sp³-hybridized carbons (Fsp3) is 0.143. The van der Waals surface area contributed by atoms with Crippen LogP contribution in [-0.4, -0.2) is 10.0 Å². The molecule has 0 aromatic heterocycles. The van der Waals surface area contributed by atoms with Crippen molar-refractivity contribution in [2.45, 2.75) is 6.92 Å². The highest BCUT2D eigenvalue weighted by Crippen LogP contribution is 2.31. The van der Waals surface area contributed by atoms with Gasteiger partial charge in [-0.25, -0.2) is 0 Å². The number of nitro benzene ring substituents is 1. The molecule has 5 heteroatoms. The molecule has 0 amide bonds. The highest BCUT2D eigenvalue weighted by molar-refractivity contribution is 6.31. The Hall–Kier alpha value is -1.29. The minimum absolute atomic E-state index is 0.277. The molecule has 0 fully saturated rings. The van der Waals surface area contributed by atoms with Gasteiger partial charge in [-0.15, -0.1) is 0 Å². The van der Waals surface area contributed by atoms with Gasteiger partial charge in [0.2, 0.25) is 0 Å². The SMILES string of the molecule is Cc1cc(O)c([N+](=O)[O-])cc1Cl. The van der Waals surface area contributed by atoms with E-state index in [1.54, 1.807) is 6.92 Å². The first kappa shape index (κ1) is 8.80. The molecule has 0 aliphatic carbocycles. The lowest BCUT2D eigenvalue weighted by Gasteiger charge is -1.99. The lowest BCUT2D eigenvalue weighted by molar-refractivity contribution is -0.385. The quantitative estimate of drug-likeness (QED) is 0.542. The van der Waals surface area contributed by atoms with Gasteiger partial charge in [-0.2, -0.15) is 0 Å². The van der Waals surface area contributed by atoms with E-state index in [9.17, 15) is 10.1 Å². The van der Waals surface area contributed by atoms with Crippen molar-refractivity contribution in [3.8, 4) is 5.75 Å². The first-order chi connectivity index (χ1) is 5.52. The average Bonchev–Trinajstić information content (AvgIpc) is 1.96. The van der Waals surface area contributed by atoms with Gasteiger partial charge in [0.1, 0.15) is 0 Å². The van der Waals surface area contributed by atoms with Gasteiger partial charge in [-0.1, -0.05) is 11.6 Å². The largest absolute Gasteiger partial charge is 0.502 e. The van der Waals surface area contributed by atoms with E-state index < -0.39 is 4.92 Å². The van der Waals surface area contributed by atoms with E-state index in [-0.39, 0.29) is 16.5 Å². The molecular weight excluding hydrogens is 182 g/mol. The molecule has 0 radical (unpaired) electrons. The molecule has 0 saturated carbocycles. The zero-order chi connectivity index (χ0) is 9.30. The fourth-order valence-corrected chi connectivity index (χ4v) is 0.960. The zero-order valence-corrected chi connectivity index (χ0v) is 7.00. The lowest BCUT2D eigenvalue weighted by Crippen LogP contribution is -1.89. The normalized spacial score (nSPS) is 9.83. The molecule has 1 N–H and O–H groups in total. The molecule has 0 aliphatic rings. The summed E-state index contributed by atoms with van der Waals surface area (Å²) in [4.78, 5) is 9.59. The Morgan fingerprint density at radius 2 is 2.17 bits per heavy atom. The number of hydrogen-bond acceptors (Lipinski definition) is 3. The van der Waals surface area contributed by atoms with Gasteiger partial charge in [0, 0.05) is 6.07 Å². The number of halogens is 1. The van der Waals surface area contributed by atoms with Crippen LogP contribution in [0.4, 0.5) is 5.69 Å². The number of phenols is 1. The van der Waals surface area contributed by atoms with Gasteiger partial charge in [0.15, 0.2) is 5.75 Å². The Labute approximate surface area is 73.5 Å². The molecule has 1 aromatic carbocycles. The van der Waals surface area contributed by atoms with Crippen molar-refractivity contribution < 1.29 is 10.0 Å². The number of phenolic OH excluding ortho intramolecular Hbond substituents is 1. The van der Waals surface area contributed by atoms with Crippen LogP contribution in [0.25, 0.3) is 0 Å². The maximum atomic E-state index is 10.3. The predicted octanol–water partition coefficient (Wildman–Crippen LogP) is 2.26. The summed E-state index contributed by atoms with van der Waals surface area (Å²) in [5.41, 5.74) is 0.241. The molecule has 12 heavy (non-hydrogen) atoms. The minimum Gasteiger partial charge on any atom is -0.502 e. The van der Waals surface area contributed by atoms with Gasteiger partial charge in [0.25, 0.3) is 0 Å². The van der Waals surface area contributed by atoms with E-state index in [2.05, 4.69) is 0 Å². The first-order valence-corrected chi connectivity index (χ1v) is 3.53. The summed E-state index contributed by atoms with van der Waals surface area (Å²) in [5, 5.41) is 19.6. The smallest absolute Gasteiger partial charge is 0.312 e. The van der Waals surface area contributed by atoms with Crippen LogP contribution >= 0.6 is 11.6 Å². The Bertz CT molecular complexity index is 338. The van der Waals surface area contributed by atoms with E-state index in [1.807, 2.05) is 0 Å². The number of aryl methyl sites for hydroxylation is 1. The van der Waals surface area contributed by atoms with E-state index in [4.69, 9.17) is 16.7 Å². The summed E-state index contributed by atoms with van der Waals surface area (Å²) in [6.45, 7) is 1.66. The molecule has 0 saturated heterocycles. The van der Waals surface area contributed by atoms with Crippen molar-refractivity contribution in [3.63, 3.8) is 0 Å². The number of aromatic hydroxyl groups is 1. The molecule has 0 heterocycles. The molecule has 1 rings (SSSR count). The molecule has 64 valence electrons. The van der Waals surface area contributed by atoms with E-state index in [0.717, 1.165) is 6.07 Å². The van der Waals surface area contributed by atoms with Crippen molar-refractivity contribution in [1.82, 2.24) is 0 Å². The van der Waals surface area contributed by atoms with Crippen molar-refractivity contribution in [1.29, 1.82) is 0 Å². The second-order valence-electron chi connectivity index (χ2n) is 2.35. The molecular formula is C7H6ClNO3. The van der Waals surface area contributed by atoms with E-state index in [0.29, 0.717) is 5.56 Å². The summed E-state index contributed by atoms with van der Waals surface area (Å²) in [6.07, 6.45) is 0. The zero-order valence-electron chi connectivity index (χ0n) is 6.24. The van der Waals surface area contributed by atoms with E-state index >= 15 is 0 Å². The molecule has 0 spiro atoms. The maximum absolute atomic E-state index is 10.3. The van der Waals surface area contributed by atoms with Crippen LogP contribution < -0.4 is 0 Å². The highest BCUT2D eigenvalue weighted by atomic mass is 35.5. The minimum atomic E-state index is -0.680. The Kier molecular flexibility index (Phi) is 2.19. The Morgan fingerprint density at radius 1 is 1.58 bits per heavy atom. The Morgan fingerprint density at radius 3 is 2.67 bits per heavy atom. The maximum Gasteiger partial charge on any atom is 0.312 e. The van der Waals surface area contributed by atoms with Gasteiger partial charge in [-0.05, 0) is 18.6 Å². The van der Waals surface area contributed by atoms with E-state index in [1.165, 1.54) is 6.07 Å². The molecule has 0 unspecified atom stereocenters. The van der Waals surface area contributed by atoms with Crippen molar-refractivity contribution in [2.24, 2.45) is 0 Å². The number of nitrogens with zero attached hydrogens (tertiary/aromatic N) is 1. The summed E-state index contributed by atoms with van der Waals surface area (Å²) in [7, 11) is 0. The molecule has 0 bridgehead atoms. The molecule has 0 atom stereocenters. The third-order valence-electron chi connectivity index (χ3n) is 1.45. The van der Waals surface area contributed by atoms with Crippen LogP contribution in [0, 0.1) is 17.0 Å². The average molecular weight is 188 g/mol. The van der Waals surface area contributed by atoms with Crippen molar-refractivity contribution in [2.75, 3.05) is 0 Å². The van der Waals surface area contributed by atoms with Crippen molar-refractivity contribution >= 4 is 17.3 Å². The number of rotatable bonds is 1. The van der Waals surface area contributed by atoms with Gasteiger partial charge >= 0.3 is 5.69 Å². The number of benzene rings is 1. The highest BCUT2D eigenvalue weighted by Gasteiger charge is 2.14. The first-order valence-electron chi connectivity index (χ1n) is 3.16. The summed E-state index contributed by atoms with van der Waals surface area (Å²) < 4.78 is 0. The number of hydrogen-bond donors (Lipinski definition) is 1. The Balaban J connectivity index is 3.33. The topological polar surface area (TPSA) is 63.4 Å². The monoisotopic (exact) mass is 187 g/mol. The lowest BCUT2D eigenvalue weighted by atomic mass is 10.2. The van der Waals surface area contributed by atoms with Crippen molar-refractivity contribution in [3.05, 3.63) is 32.8 Å². The standard InChI is InChI=1S/C7H6ClNO3/c1-4-2-7(10)6(9(11)12)3-5(4)8/h2-3,10H,1H3. The van der Waals surface area contributed by atoms with Gasteiger partial charge < -0.3 is 5.11 Å². The van der Waals surface area contributed by atoms with Gasteiger partial charge in [-0.3, -0.25) is 10.1 Å². The third-order valence-corrected chi connectivity index (χ3v) is 1.86. The van der Waals surface area contributed by atoms with Gasteiger partial charge in [0.05, 0.1) is 9.95 Å². The van der Waals surface area contributed by atoms with Crippen LogP contribution in [0.5, 0.6) is 5.75 Å². The van der Waals surface area contributed by atoms with Crippen LogP contribution in [0.1, 0.15) is 5.56 Å². The van der Waals surface area contributed by atoms with Crippen LogP contribution in [0.2, 0.25) is 5.02 Å².